The first kappa shape index (κ1) is 13.9. The minimum absolute atomic E-state index is 0.216. The first-order valence-corrected chi connectivity index (χ1v) is 6.10. The Bertz CT molecular complexity index is 635. The molecule has 0 aliphatic carbocycles. The lowest BCUT2D eigenvalue weighted by atomic mass is 10.1. The van der Waals surface area contributed by atoms with E-state index in [1.165, 1.54) is 6.20 Å². The van der Waals surface area contributed by atoms with Crippen LogP contribution in [-0.2, 0) is 0 Å². The van der Waals surface area contributed by atoms with Crippen LogP contribution in [0.2, 0.25) is 0 Å². The smallest absolute Gasteiger partial charge is 0.259 e. The van der Waals surface area contributed by atoms with Gasteiger partial charge in [-0.15, -0.1) is 0 Å². The van der Waals surface area contributed by atoms with Crippen molar-refractivity contribution in [3.05, 3.63) is 35.2 Å². The molecule has 0 aliphatic rings. The van der Waals surface area contributed by atoms with Crippen molar-refractivity contribution < 1.29 is 14.3 Å². The summed E-state index contributed by atoms with van der Waals surface area (Å²) >= 11 is 0. The summed E-state index contributed by atoms with van der Waals surface area (Å²) in [7, 11) is 3.13. The number of aromatic nitrogens is 2. The van der Waals surface area contributed by atoms with Crippen molar-refractivity contribution in [2.24, 2.45) is 0 Å². The fraction of sp³-hybridized carbons (Fsp3) is 0.286. The number of amides is 1. The molecule has 20 heavy (non-hydrogen) atoms. The van der Waals surface area contributed by atoms with Crippen molar-refractivity contribution in [3.63, 3.8) is 0 Å². The number of nitrogens with zero attached hydrogens (tertiary/aromatic N) is 1. The summed E-state index contributed by atoms with van der Waals surface area (Å²) in [6.45, 7) is 3.68. The number of hydrogen-bond acceptors (Lipinski definition) is 4. The highest BCUT2D eigenvalue weighted by atomic mass is 16.5. The summed E-state index contributed by atoms with van der Waals surface area (Å²) in [5, 5.41) is 9.42. The monoisotopic (exact) mass is 275 g/mol. The van der Waals surface area contributed by atoms with Gasteiger partial charge in [0, 0.05) is 17.4 Å². The maximum Gasteiger partial charge on any atom is 0.259 e. The molecule has 0 spiro atoms. The van der Waals surface area contributed by atoms with Gasteiger partial charge in [0.2, 0.25) is 0 Å². The average Bonchev–Trinajstić information content (AvgIpc) is 2.86. The van der Waals surface area contributed by atoms with Gasteiger partial charge in [0.25, 0.3) is 5.91 Å². The standard InChI is InChI=1S/C14H17N3O3/c1-8-5-12(19-3)13(20-4)6-11(8)16-14(18)10-7-15-17-9(10)2/h5-7H,1-4H3,(H,15,17)(H,16,18). The molecule has 1 aromatic carbocycles. The summed E-state index contributed by atoms with van der Waals surface area (Å²) < 4.78 is 10.4. The predicted octanol–water partition coefficient (Wildman–Crippen LogP) is 2.30. The zero-order chi connectivity index (χ0) is 14.7. The summed E-state index contributed by atoms with van der Waals surface area (Å²) in [5.74, 6) is 0.978. The Morgan fingerprint density at radius 3 is 2.40 bits per heavy atom. The van der Waals surface area contributed by atoms with E-state index in [2.05, 4.69) is 15.5 Å². The van der Waals surface area contributed by atoms with Gasteiger partial charge >= 0.3 is 0 Å². The fourth-order valence-electron chi connectivity index (χ4n) is 1.88. The number of benzene rings is 1. The molecule has 2 aromatic rings. The van der Waals surface area contributed by atoms with Gasteiger partial charge < -0.3 is 14.8 Å². The highest BCUT2D eigenvalue weighted by Gasteiger charge is 2.14. The summed E-state index contributed by atoms with van der Waals surface area (Å²) in [5.41, 5.74) is 2.80. The first-order valence-electron chi connectivity index (χ1n) is 6.10. The predicted molar refractivity (Wildman–Crippen MR) is 75.6 cm³/mol. The van der Waals surface area contributed by atoms with Crippen LogP contribution < -0.4 is 14.8 Å². The molecule has 0 saturated heterocycles. The van der Waals surface area contributed by atoms with E-state index in [0.29, 0.717) is 22.7 Å². The molecular weight excluding hydrogens is 258 g/mol. The molecule has 1 heterocycles. The number of carbonyl (C=O) groups excluding carboxylic acids is 1. The van der Waals surface area contributed by atoms with Gasteiger partial charge in [-0.1, -0.05) is 0 Å². The molecule has 0 radical (unpaired) electrons. The van der Waals surface area contributed by atoms with Crippen molar-refractivity contribution >= 4 is 11.6 Å². The van der Waals surface area contributed by atoms with E-state index in [9.17, 15) is 4.79 Å². The van der Waals surface area contributed by atoms with Crippen LogP contribution >= 0.6 is 0 Å². The Morgan fingerprint density at radius 1 is 1.20 bits per heavy atom. The normalized spacial score (nSPS) is 10.2. The second-order valence-electron chi connectivity index (χ2n) is 4.38. The zero-order valence-corrected chi connectivity index (χ0v) is 11.9. The molecule has 106 valence electrons. The van der Waals surface area contributed by atoms with E-state index >= 15 is 0 Å². The van der Waals surface area contributed by atoms with Crippen LogP contribution in [0.25, 0.3) is 0 Å². The average molecular weight is 275 g/mol. The van der Waals surface area contributed by atoms with E-state index < -0.39 is 0 Å². The second kappa shape index (κ2) is 5.64. The van der Waals surface area contributed by atoms with E-state index in [-0.39, 0.29) is 5.91 Å². The number of hydrogen-bond donors (Lipinski definition) is 2. The van der Waals surface area contributed by atoms with E-state index in [4.69, 9.17) is 9.47 Å². The molecule has 1 aromatic heterocycles. The molecule has 2 rings (SSSR count). The number of methoxy groups -OCH3 is 2. The summed E-state index contributed by atoms with van der Waals surface area (Å²) in [4.78, 5) is 12.2. The maximum absolute atomic E-state index is 12.2. The molecule has 0 bridgehead atoms. The number of H-pyrrole nitrogens is 1. The van der Waals surface area contributed by atoms with Crippen molar-refractivity contribution in [3.8, 4) is 11.5 Å². The maximum atomic E-state index is 12.2. The summed E-state index contributed by atoms with van der Waals surface area (Å²) in [6, 6.07) is 3.55. The molecule has 0 fully saturated rings. The van der Waals surface area contributed by atoms with Crippen LogP contribution in [0.4, 0.5) is 5.69 Å². The van der Waals surface area contributed by atoms with Crippen LogP contribution in [0.3, 0.4) is 0 Å². The van der Waals surface area contributed by atoms with Gasteiger partial charge in [-0.05, 0) is 25.5 Å². The molecule has 2 N–H and O–H groups in total. The fourth-order valence-corrected chi connectivity index (χ4v) is 1.88. The molecule has 0 saturated carbocycles. The van der Waals surface area contributed by atoms with Gasteiger partial charge in [-0.2, -0.15) is 5.10 Å². The number of anilines is 1. The number of aromatic amines is 1. The Hall–Kier alpha value is -2.50. The quantitative estimate of drug-likeness (QED) is 0.897. The Labute approximate surface area is 117 Å². The molecule has 0 aliphatic heterocycles. The Morgan fingerprint density at radius 2 is 1.85 bits per heavy atom. The molecule has 0 atom stereocenters. The van der Waals surface area contributed by atoms with Crippen LogP contribution in [-0.4, -0.2) is 30.3 Å². The first-order chi connectivity index (χ1) is 9.56. The molecule has 6 heteroatoms. The highest BCUT2D eigenvalue weighted by molar-refractivity contribution is 6.05. The van der Waals surface area contributed by atoms with Gasteiger partial charge in [0.15, 0.2) is 11.5 Å². The van der Waals surface area contributed by atoms with Crippen LogP contribution in [0.5, 0.6) is 11.5 Å². The number of ether oxygens (including phenoxy) is 2. The third-order valence-electron chi connectivity index (χ3n) is 3.05. The topological polar surface area (TPSA) is 76.2 Å². The lowest BCUT2D eigenvalue weighted by Gasteiger charge is -2.13. The largest absolute Gasteiger partial charge is 0.493 e. The van der Waals surface area contributed by atoms with Crippen LogP contribution in [0, 0.1) is 13.8 Å². The molecule has 6 nitrogen and oxygen atoms in total. The number of nitrogens with one attached hydrogen (secondary N) is 2. The molecule has 0 unspecified atom stereocenters. The van der Waals surface area contributed by atoms with Crippen LogP contribution in [0.1, 0.15) is 21.6 Å². The van der Waals surface area contributed by atoms with E-state index in [1.54, 1.807) is 27.2 Å². The van der Waals surface area contributed by atoms with Gasteiger partial charge in [-0.25, -0.2) is 0 Å². The Kier molecular flexibility index (Phi) is 3.93. The summed E-state index contributed by atoms with van der Waals surface area (Å²) in [6.07, 6.45) is 1.50. The second-order valence-corrected chi connectivity index (χ2v) is 4.38. The van der Waals surface area contributed by atoms with Gasteiger partial charge in [-0.3, -0.25) is 9.89 Å². The van der Waals surface area contributed by atoms with Crippen molar-refractivity contribution in [1.29, 1.82) is 0 Å². The van der Waals surface area contributed by atoms with Crippen molar-refractivity contribution in [1.82, 2.24) is 10.2 Å². The minimum atomic E-state index is -0.216. The van der Waals surface area contributed by atoms with Crippen molar-refractivity contribution in [2.45, 2.75) is 13.8 Å². The molecular formula is C14H17N3O3. The zero-order valence-electron chi connectivity index (χ0n) is 11.9. The minimum Gasteiger partial charge on any atom is -0.493 e. The third-order valence-corrected chi connectivity index (χ3v) is 3.05. The highest BCUT2D eigenvalue weighted by Crippen LogP contribution is 2.33. The third kappa shape index (κ3) is 2.59. The number of aryl methyl sites for hydroxylation is 2. The van der Waals surface area contributed by atoms with Crippen molar-refractivity contribution in [2.75, 3.05) is 19.5 Å². The van der Waals surface area contributed by atoms with Gasteiger partial charge in [0.1, 0.15) is 0 Å². The van der Waals surface area contributed by atoms with Gasteiger partial charge in [0.05, 0.1) is 26.0 Å². The lowest BCUT2D eigenvalue weighted by molar-refractivity contribution is 0.102. The number of carbonyl (C=O) groups is 1. The van der Waals surface area contributed by atoms with Crippen LogP contribution in [0.15, 0.2) is 18.3 Å². The van der Waals surface area contributed by atoms with E-state index in [1.807, 2.05) is 13.0 Å². The SMILES string of the molecule is COc1cc(C)c(NC(=O)c2cn[nH]c2C)cc1OC. The molecule has 1 amide bonds. The Balaban J connectivity index is 2.30. The lowest BCUT2D eigenvalue weighted by Crippen LogP contribution is -2.13. The number of rotatable bonds is 4. The van der Waals surface area contributed by atoms with E-state index in [0.717, 1.165) is 11.3 Å².